The van der Waals surface area contributed by atoms with Crippen molar-refractivity contribution in [1.29, 1.82) is 0 Å². The minimum absolute atomic E-state index is 0.110. The van der Waals surface area contributed by atoms with Gasteiger partial charge in [-0.25, -0.2) is 9.18 Å². The van der Waals surface area contributed by atoms with E-state index < -0.39 is 17.8 Å². The molecule has 0 saturated carbocycles. The molecule has 0 unspecified atom stereocenters. The largest absolute Gasteiger partial charge is 0.480 e. The number of halogens is 1. The Kier molecular flexibility index (Phi) is 7.45. The first kappa shape index (κ1) is 23.7. The standard InChI is InChI=1S/C24H30FN3O4/c1-5-19-22(10-7-11-26-19)32-21-9-6-8-18(25)17(21)13-27-12-16(4)28(23(29)15(2)3)20(14-27)24(30)31/h6-11,15-16,20H,5,12-14H2,1-4H3,(H,30,31)/t16-,20-/m1/s1. The lowest BCUT2D eigenvalue weighted by Crippen LogP contribution is -2.62. The molecule has 0 radical (unpaired) electrons. The molecule has 1 aromatic heterocycles. The molecule has 0 aliphatic carbocycles. The number of pyridine rings is 1. The zero-order valence-corrected chi connectivity index (χ0v) is 18.9. The summed E-state index contributed by atoms with van der Waals surface area (Å²) in [6, 6.07) is 6.88. The molecule has 7 nitrogen and oxygen atoms in total. The number of rotatable bonds is 7. The summed E-state index contributed by atoms with van der Waals surface area (Å²) < 4.78 is 20.9. The zero-order chi connectivity index (χ0) is 23.4. The highest BCUT2D eigenvalue weighted by molar-refractivity contribution is 5.85. The molecule has 1 amide bonds. The van der Waals surface area contributed by atoms with Crippen LogP contribution >= 0.6 is 0 Å². The Balaban J connectivity index is 1.86. The topological polar surface area (TPSA) is 83.0 Å². The van der Waals surface area contributed by atoms with Crippen LogP contribution in [-0.2, 0) is 22.6 Å². The van der Waals surface area contributed by atoms with Gasteiger partial charge in [-0.15, -0.1) is 0 Å². The Hall–Kier alpha value is -3.00. The van der Waals surface area contributed by atoms with Crippen molar-refractivity contribution in [2.24, 2.45) is 5.92 Å². The van der Waals surface area contributed by atoms with Crippen molar-refractivity contribution < 1.29 is 23.8 Å². The Morgan fingerprint density at radius 3 is 2.59 bits per heavy atom. The average molecular weight is 444 g/mol. The van der Waals surface area contributed by atoms with Crippen molar-refractivity contribution in [3.63, 3.8) is 0 Å². The molecule has 1 saturated heterocycles. The minimum atomic E-state index is -1.07. The lowest BCUT2D eigenvalue weighted by Gasteiger charge is -2.44. The number of nitrogens with zero attached hydrogens (tertiary/aromatic N) is 3. The summed E-state index contributed by atoms with van der Waals surface area (Å²) in [6.45, 7) is 8.01. The van der Waals surface area contributed by atoms with Crippen molar-refractivity contribution in [3.05, 3.63) is 53.6 Å². The Bertz CT molecular complexity index is 981. The lowest BCUT2D eigenvalue weighted by molar-refractivity contribution is -0.158. The third kappa shape index (κ3) is 5.07. The Labute approximate surface area is 187 Å². The highest BCUT2D eigenvalue weighted by Crippen LogP contribution is 2.31. The molecule has 0 bridgehead atoms. The first-order valence-electron chi connectivity index (χ1n) is 10.9. The van der Waals surface area contributed by atoms with Gasteiger partial charge in [-0.2, -0.15) is 0 Å². The number of aryl methyl sites for hydroxylation is 1. The van der Waals surface area contributed by atoms with Crippen LogP contribution in [0.5, 0.6) is 11.5 Å². The van der Waals surface area contributed by atoms with E-state index in [0.29, 0.717) is 30.0 Å². The average Bonchev–Trinajstić information content (AvgIpc) is 2.75. The van der Waals surface area contributed by atoms with Crippen LogP contribution in [0.3, 0.4) is 0 Å². The smallest absolute Gasteiger partial charge is 0.327 e. The molecular formula is C24H30FN3O4. The normalized spacial score (nSPS) is 19.2. The molecule has 2 heterocycles. The summed E-state index contributed by atoms with van der Waals surface area (Å²) in [5, 5.41) is 9.78. The lowest BCUT2D eigenvalue weighted by atomic mass is 10.0. The van der Waals surface area contributed by atoms with E-state index in [9.17, 15) is 19.1 Å². The number of carboxylic acids is 1. The number of piperazine rings is 1. The summed E-state index contributed by atoms with van der Waals surface area (Å²) in [5.41, 5.74) is 1.11. The molecular weight excluding hydrogens is 413 g/mol. The maximum atomic E-state index is 14.9. The maximum Gasteiger partial charge on any atom is 0.327 e. The number of hydrogen-bond donors (Lipinski definition) is 1. The highest BCUT2D eigenvalue weighted by Gasteiger charge is 2.40. The molecule has 1 aliphatic heterocycles. The van der Waals surface area contributed by atoms with Gasteiger partial charge in [0.2, 0.25) is 5.91 Å². The molecule has 1 fully saturated rings. The molecule has 1 aromatic carbocycles. The number of carbonyl (C=O) groups excluding carboxylic acids is 1. The fourth-order valence-corrected chi connectivity index (χ4v) is 4.08. The number of carbonyl (C=O) groups is 2. The van der Waals surface area contributed by atoms with E-state index in [1.807, 2.05) is 18.7 Å². The van der Waals surface area contributed by atoms with Crippen molar-refractivity contribution >= 4 is 11.9 Å². The van der Waals surface area contributed by atoms with E-state index in [1.165, 1.54) is 11.0 Å². The predicted octanol–water partition coefficient (Wildman–Crippen LogP) is 3.72. The van der Waals surface area contributed by atoms with Gasteiger partial charge >= 0.3 is 5.97 Å². The number of amides is 1. The van der Waals surface area contributed by atoms with Gasteiger partial charge < -0.3 is 14.7 Å². The molecule has 8 heteroatoms. The summed E-state index contributed by atoms with van der Waals surface area (Å²) in [4.78, 5) is 32.2. The first-order valence-corrected chi connectivity index (χ1v) is 10.9. The SMILES string of the molecule is CCc1ncccc1Oc1cccc(F)c1CN1C[C@@H](C)N(C(=O)C(C)C)[C@@H](C(=O)O)C1. The number of ether oxygens (including phenoxy) is 1. The Morgan fingerprint density at radius 1 is 1.22 bits per heavy atom. The van der Waals surface area contributed by atoms with Crippen molar-refractivity contribution in [2.45, 2.75) is 52.7 Å². The van der Waals surface area contributed by atoms with Crippen LogP contribution in [0.25, 0.3) is 0 Å². The van der Waals surface area contributed by atoms with Gasteiger partial charge in [0.05, 0.1) is 5.69 Å². The number of carboxylic acid groups (broad SMARTS) is 1. The fourth-order valence-electron chi connectivity index (χ4n) is 4.08. The molecule has 2 atom stereocenters. The molecule has 1 N–H and O–H groups in total. The molecule has 32 heavy (non-hydrogen) atoms. The van der Waals surface area contributed by atoms with Crippen LogP contribution in [0.4, 0.5) is 4.39 Å². The van der Waals surface area contributed by atoms with Gasteiger partial charge in [0.25, 0.3) is 0 Å². The Morgan fingerprint density at radius 2 is 1.94 bits per heavy atom. The number of aliphatic carboxylic acids is 1. The van der Waals surface area contributed by atoms with Crippen LogP contribution < -0.4 is 4.74 Å². The second-order valence-electron chi connectivity index (χ2n) is 8.42. The monoisotopic (exact) mass is 443 g/mol. The van der Waals surface area contributed by atoms with E-state index >= 15 is 0 Å². The first-order chi connectivity index (χ1) is 15.2. The van der Waals surface area contributed by atoms with Crippen LogP contribution in [-0.4, -0.2) is 56.9 Å². The molecule has 1 aliphatic rings. The third-order valence-electron chi connectivity index (χ3n) is 5.66. The second-order valence-corrected chi connectivity index (χ2v) is 8.42. The van der Waals surface area contributed by atoms with Gasteiger partial charge in [-0.1, -0.05) is 26.8 Å². The molecule has 172 valence electrons. The number of hydrogen-bond acceptors (Lipinski definition) is 5. The molecule has 2 aromatic rings. The summed E-state index contributed by atoms with van der Waals surface area (Å²) >= 11 is 0. The van der Waals surface area contributed by atoms with Gasteiger partial charge in [-0.3, -0.25) is 14.7 Å². The van der Waals surface area contributed by atoms with Gasteiger partial charge in [0, 0.05) is 43.4 Å². The fraction of sp³-hybridized carbons (Fsp3) is 0.458. The quantitative estimate of drug-likeness (QED) is 0.702. The second kappa shape index (κ2) is 10.1. The van der Waals surface area contributed by atoms with Crippen LogP contribution in [0.15, 0.2) is 36.5 Å². The van der Waals surface area contributed by atoms with Crippen molar-refractivity contribution in [3.8, 4) is 11.5 Å². The number of benzene rings is 1. The van der Waals surface area contributed by atoms with Crippen LogP contribution in [0.2, 0.25) is 0 Å². The van der Waals surface area contributed by atoms with Gasteiger partial charge in [0.15, 0.2) is 0 Å². The predicted molar refractivity (Wildman–Crippen MR) is 118 cm³/mol. The highest BCUT2D eigenvalue weighted by atomic mass is 19.1. The third-order valence-corrected chi connectivity index (χ3v) is 5.66. The molecule has 0 spiro atoms. The van der Waals surface area contributed by atoms with E-state index in [4.69, 9.17) is 4.74 Å². The van der Waals surface area contributed by atoms with Crippen LogP contribution in [0, 0.1) is 11.7 Å². The maximum absolute atomic E-state index is 14.9. The van der Waals surface area contributed by atoms with Gasteiger partial charge in [-0.05, 0) is 37.6 Å². The van der Waals surface area contributed by atoms with Gasteiger partial charge in [0.1, 0.15) is 23.4 Å². The van der Waals surface area contributed by atoms with Crippen LogP contribution in [0.1, 0.15) is 39.0 Å². The summed E-state index contributed by atoms with van der Waals surface area (Å²) in [7, 11) is 0. The molecule has 3 rings (SSSR count). The van der Waals surface area contributed by atoms with E-state index in [1.54, 1.807) is 44.3 Å². The van der Waals surface area contributed by atoms with E-state index in [0.717, 1.165) is 5.69 Å². The summed E-state index contributed by atoms with van der Waals surface area (Å²) in [5.74, 6) is -1.06. The van der Waals surface area contributed by atoms with Crippen molar-refractivity contribution in [1.82, 2.24) is 14.8 Å². The number of aromatic nitrogens is 1. The minimum Gasteiger partial charge on any atom is -0.480 e. The van der Waals surface area contributed by atoms with E-state index in [2.05, 4.69) is 4.98 Å². The zero-order valence-electron chi connectivity index (χ0n) is 18.9. The van der Waals surface area contributed by atoms with Crippen molar-refractivity contribution in [2.75, 3.05) is 13.1 Å². The summed E-state index contributed by atoms with van der Waals surface area (Å²) in [6.07, 6.45) is 2.36. The van der Waals surface area contributed by atoms with E-state index in [-0.39, 0.29) is 31.0 Å².